The number of methoxy groups -OCH3 is 1. The number of aromatic amines is 2. The summed E-state index contributed by atoms with van der Waals surface area (Å²) in [5, 5.41) is 13.2. The Kier molecular flexibility index (Phi) is 3.66. The zero-order chi connectivity index (χ0) is 16.5. The van der Waals surface area contributed by atoms with Crippen LogP contribution < -0.4 is 5.32 Å². The Labute approximate surface area is 138 Å². The fourth-order valence-corrected chi connectivity index (χ4v) is 3.04. The van der Waals surface area contributed by atoms with E-state index in [0.717, 1.165) is 39.1 Å². The van der Waals surface area contributed by atoms with Gasteiger partial charge in [0.2, 0.25) is 0 Å². The van der Waals surface area contributed by atoms with E-state index >= 15 is 0 Å². The minimum atomic E-state index is -0.0648. The average molecular weight is 322 g/mol. The largest absolute Gasteiger partial charge is 0.385 e. The summed E-state index contributed by atoms with van der Waals surface area (Å²) in [5.74, 6) is -0.0648. The van der Waals surface area contributed by atoms with Crippen molar-refractivity contribution >= 4 is 38.6 Å². The summed E-state index contributed by atoms with van der Waals surface area (Å²) in [6.45, 7) is 1.25. The maximum absolute atomic E-state index is 12.3. The second-order valence-corrected chi connectivity index (χ2v) is 5.81. The number of nitrogens with zero attached hydrogens (tertiary/aromatic N) is 1. The molecule has 0 aliphatic carbocycles. The van der Waals surface area contributed by atoms with E-state index in [2.05, 4.69) is 26.6 Å². The van der Waals surface area contributed by atoms with Crippen LogP contribution >= 0.6 is 0 Å². The molecule has 6 heteroatoms. The van der Waals surface area contributed by atoms with Crippen LogP contribution in [-0.4, -0.2) is 41.3 Å². The molecule has 4 aromatic rings. The number of aromatic nitrogens is 3. The quantitative estimate of drug-likeness (QED) is 0.494. The van der Waals surface area contributed by atoms with Crippen molar-refractivity contribution in [2.45, 2.75) is 6.42 Å². The van der Waals surface area contributed by atoms with Gasteiger partial charge in [-0.25, -0.2) is 0 Å². The minimum absolute atomic E-state index is 0.0648. The predicted molar refractivity (Wildman–Crippen MR) is 94.3 cm³/mol. The molecule has 6 nitrogen and oxygen atoms in total. The molecule has 0 saturated carbocycles. The van der Waals surface area contributed by atoms with E-state index in [1.165, 1.54) is 0 Å². The summed E-state index contributed by atoms with van der Waals surface area (Å²) in [4.78, 5) is 15.7. The van der Waals surface area contributed by atoms with Crippen molar-refractivity contribution in [2.75, 3.05) is 20.3 Å². The molecule has 0 saturated heterocycles. The van der Waals surface area contributed by atoms with E-state index < -0.39 is 0 Å². The lowest BCUT2D eigenvalue weighted by atomic mass is 10.1. The van der Waals surface area contributed by atoms with Gasteiger partial charge in [-0.2, -0.15) is 5.10 Å². The fourth-order valence-electron chi connectivity index (χ4n) is 3.04. The zero-order valence-electron chi connectivity index (χ0n) is 13.3. The zero-order valence-corrected chi connectivity index (χ0v) is 13.3. The number of carbonyl (C=O) groups excluding carboxylic acids is 1. The van der Waals surface area contributed by atoms with Gasteiger partial charge in [-0.15, -0.1) is 0 Å². The first-order valence-corrected chi connectivity index (χ1v) is 7.92. The van der Waals surface area contributed by atoms with Gasteiger partial charge in [0.1, 0.15) is 0 Å². The van der Waals surface area contributed by atoms with Crippen molar-refractivity contribution in [1.82, 2.24) is 20.5 Å². The van der Waals surface area contributed by atoms with Crippen molar-refractivity contribution in [3.8, 4) is 0 Å². The van der Waals surface area contributed by atoms with Gasteiger partial charge in [-0.05, 0) is 24.6 Å². The Bertz CT molecular complexity index is 1030. The smallest absolute Gasteiger partial charge is 0.251 e. The first kappa shape index (κ1) is 14.7. The van der Waals surface area contributed by atoms with Crippen LogP contribution in [0.4, 0.5) is 0 Å². The molecule has 2 aromatic heterocycles. The molecule has 1 amide bonds. The van der Waals surface area contributed by atoms with Gasteiger partial charge >= 0.3 is 0 Å². The van der Waals surface area contributed by atoms with Crippen LogP contribution in [0, 0.1) is 0 Å². The molecule has 3 N–H and O–H groups in total. The first-order valence-electron chi connectivity index (χ1n) is 7.92. The lowest BCUT2D eigenvalue weighted by molar-refractivity contribution is 0.0949. The standard InChI is InChI=1S/C18H18N4O2/c1-24-8-2-7-19-18(23)11-4-6-15-14(9-11)13-5-3-12-10-20-22-16(12)17(13)21-15/h3-6,9-10,21H,2,7-8H2,1H3,(H,19,23)(H,20,22). The molecule has 4 rings (SSSR count). The predicted octanol–water partition coefficient (Wildman–Crippen LogP) is 2.96. The SMILES string of the molecule is COCCCNC(=O)c1ccc2[nH]c3c(ccc4cn[nH]c43)c2c1. The normalized spacial score (nSPS) is 11.5. The lowest BCUT2D eigenvalue weighted by Gasteiger charge is -2.05. The molecule has 0 aliphatic heterocycles. The monoisotopic (exact) mass is 322 g/mol. The van der Waals surface area contributed by atoms with Gasteiger partial charge in [0.25, 0.3) is 5.91 Å². The molecule has 0 fully saturated rings. The number of amides is 1. The molecule has 122 valence electrons. The molecule has 24 heavy (non-hydrogen) atoms. The number of hydrogen-bond acceptors (Lipinski definition) is 3. The van der Waals surface area contributed by atoms with Crippen LogP contribution in [0.1, 0.15) is 16.8 Å². The highest BCUT2D eigenvalue weighted by Gasteiger charge is 2.12. The van der Waals surface area contributed by atoms with Gasteiger partial charge in [0, 0.05) is 47.5 Å². The Hall–Kier alpha value is -2.86. The number of carbonyl (C=O) groups is 1. The van der Waals surface area contributed by atoms with Crippen molar-refractivity contribution in [1.29, 1.82) is 0 Å². The number of ether oxygens (including phenoxy) is 1. The summed E-state index contributed by atoms with van der Waals surface area (Å²) in [5.41, 5.74) is 3.65. The number of hydrogen-bond donors (Lipinski definition) is 3. The third kappa shape index (κ3) is 2.41. The minimum Gasteiger partial charge on any atom is -0.385 e. The second-order valence-electron chi connectivity index (χ2n) is 5.81. The van der Waals surface area contributed by atoms with Crippen molar-refractivity contribution in [2.24, 2.45) is 0 Å². The Morgan fingerprint density at radius 3 is 3.00 bits per heavy atom. The third-order valence-corrected chi connectivity index (χ3v) is 4.26. The number of fused-ring (bicyclic) bond motifs is 5. The number of H-pyrrole nitrogens is 2. The second kappa shape index (κ2) is 5.98. The summed E-state index contributed by atoms with van der Waals surface area (Å²) in [6, 6.07) is 9.81. The summed E-state index contributed by atoms with van der Waals surface area (Å²) in [6.07, 6.45) is 2.61. The summed E-state index contributed by atoms with van der Waals surface area (Å²) in [7, 11) is 1.66. The maximum Gasteiger partial charge on any atom is 0.251 e. The highest BCUT2D eigenvalue weighted by atomic mass is 16.5. The van der Waals surface area contributed by atoms with E-state index in [-0.39, 0.29) is 5.91 Å². The van der Waals surface area contributed by atoms with Crippen molar-refractivity contribution < 1.29 is 9.53 Å². The van der Waals surface area contributed by atoms with E-state index in [0.29, 0.717) is 18.7 Å². The van der Waals surface area contributed by atoms with Gasteiger partial charge in [-0.3, -0.25) is 9.89 Å². The Balaban J connectivity index is 1.71. The average Bonchev–Trinajstić information content (AvgIpc) is 3.21. The van der Waals surface area contributed by atoms with Crippen LogP contribution in [0.15, 0.2) is 36.5 Å². The van der Waals surface area contributed by atoms with Crippen LogP contribution in [0.25, 0.3) is 32.7 Å². The third-order valence-electron chi connectivity index (χ3n) is 4.26. The highest BCUT2D eigenvalue weighted by molar-refractivity contribution is 6.16. The van der Waals surface area contributed by atoms with Crippen LogP contribution in [-0.2, 0) is 4.74 Å². The summed E-state index contributed by atoms with van der Waals surface area (Å²) < 4.78 is 4.99. The first-order chi connectivity index (χ1) is 11.8. The number of rotatable bonds is 5. The molecular weight excluding hydrogens is 304 g/mol. The molecule has 2 heterocycles. The topological polar surface area (TPSA) is 82.8 Å². The molecule has 0 atom stereocenters. The van der Waals surface area contributed by atoms with E-state index in [9.17, 15) is 4.79 Å². The molecule has 0 spiro atoms. The van der Waals surface area contributed by atoms with Crippen molar-refractivity contribution in [3.05, 3.63) is 42.1 Å². The van der Waals surface area contributed by atoms with E-state index in [1.807, 2.05) is 24.3 Å². The van der Waals surface area contributed by atoms with Crippen LogP contribution in [0.3, 0.4) is 0 Å². The molecule has 0 radical (unpaired) electrons. The fraction of sp³-hybridized carbons (Fsp3) is 0.222. The van der Waals surface area contributed by atoms with Gasteiger partial charge in [0.05, 0.1) is 17.2 Å². The van der Waals surface area contributed by atoms with Crippen LogP contribution in [0.2, 0.25) is 0 Å². The van der Waals surface area contributed by atoms with Crippen molar-refractivity contribution in [3.63, 3.8) is 0 Å². The molecular formula is C18H18N4O2. The van der Waals surface area contributed by atoms with Gasteiger partial charge < -0.3 is 15.0 Å². The number of benzene rings is 2. The number of nitrogens with one attached hydrogen (secondary N) is 3. The van der Waals surface area contributed by atoms with E-state index in [1.54, 1.807) is 13.3 Å². The molecule has 2 aromatic carbocycles. The van der Waals surface area contributed by atoms with Gasteiger partial charge in [-0.1, -0.05) is 12.1 Å². The van der Waals surface area contributed by atoms with Crippen LogP contribution in [0.5, 0.6) is 0 Å². The summed E-state index contributed by atoms with van der Waals surface area (Å²) >= 11 is 0. The molecule has 0 unspecified atom stereocenters. The molecule has 0 aliphatic rings. The van der Waals surface area contributed by atoms with E-state index in [4.69, 9.17) is 4.74 Å². The maximum atomic E-state index is 12.3. The lowest BCUT2D eigenvalue weighted by Crippen LogP contribution is -2.25. The Morgan fingerprint density at radius 2 is 2.12 bits per heavy atom. The Morgan fingerprint density at radius 1 is 1.21 bits per heavy atom. The molecule has 0 bridgehead atoms. The van der Waals surface area contributed by atoms with Gasteiger partial charge in [0.15, 0.2) is 0 Å². The highest BCUT2D eigenvalue weighted by Crippen LogP contribution is 2.30.